The molecule has 0 aromatic heterocycles. The molecule has 0 aromatic carbocycles. The molecule has 0 aliphatic heterocycles. The Kier molecular flexibility index (Phi) is 2.66. The minimum atomic E-state index is -4.83. The number of Topliss-reactive ketones (excluding diaryl/α,β-unsaturated/α-hetero) is 1. The number of carbonyl (C=O) groups is 1. The zero-order valence-electron chi connectivity index (χ0n) is 6.20. The Morgan fingerprint density at radius 2 is 1.73 bits per heavy atom. The van der Waals surface area contributed by atoms with Gasteiger partial charge in [-0.05, 0) is 13.8 Å². The molecule has 0 aliphatic carbocycles. The van der Waals surface area contributed by atoms with Crippen molar-refractivity contribution in [3.05, 3.63) is 0 Å². The molecule has 0 saturated carbocycles. The first-order chi connectivity index (χ1) is 4.63. The maximum Gasteiger partial charge on any atom is 0.450 e. The fourth-order valence-electron chi connectivity index (χ4n) is 0.493. The summed E-state index contributed by atoms with van der Waals surface area (Å²) in [4.78, 5) is 10.2. The van der Waals surface area contributed by atoms with E-state index in [0.717, 1.165) is 13.8 Å². The van der Waals surface area contributed by atoms with Gasteiger partial charge in [0.15, 0.2) is 0 Å². The molecule has 0 saturated heterocycles. The molecular weight excluding hydrogens is 161 g/mol. The number of ketones is 1. The molecule has 0 bridgehead atoms. The van der Waals surface area contributed by atoms with Crippen LogP contribution in [0.15, 0.2) is 0 Å². The lowest BCUT2D eigenvalue weighted by Gasteiger charge is -2.16. The number of hydrogen-bond donors (Lipinski definition) is 1. The summed E-state index contributed by atoms with van der Waals surface area (Å²) in [5, 5.41) is 8.83. The summed E-state index contributed by atoms with van der Waals surface area (Å²) in [6.45, 7) is 2.30. The van der Waals surface area contributed by atoms with Crippen molar-refractivity contribution in [3.8, 4) is 0 Å². The molecule has 0 spiro atoms. The van der Waals surface area contributed by atoms with Gasteiger partial charge in [0.25, 0.3) is 0 Å². The highest BCUT2D eigenvalue weighted by Crippen LogP contribution is 2.21. The van der Waals surface area contributed by atoms with E-state index >= 15 is 0 Å². The summed E-state index contributed by atoms with van der Waals surface area (Å²) in [5.74, 6) is -1.90. The zero-order valence-corrected chi connectivity index (χ0v) is 6.20. The maximum atomic E-state index is 11.5. The van der Waals surface area contributed by atoms with Crippen LogP contribution >= 0.6 is 0 Å². The number of carbonyl (C=O) groups excluding carboxylic acids is 1. The lowest BCUT2D eigenvalue weighted by atomic mass is 10.0. The summed E-state index contributed by atoms with van der Waals surface area (Å²) in [6, 6.07) is 0. The molecule has 5 heteroatoms. The summed E-state index contributed by atoms with van der Waals surface area (Å²) >= 11 is 0. The van der Waals surface area contributed by atoms with E-state index in [0.29, 0.717) is 0 Å². The molecule has 0 rings (SSSR count). The van der Waals surface area contributed by atoms with Crippen LogP contribution in [0.5, 0.6) is 0 Å². The van der Waals surface area contributed by atoms with Gasteiger partial charge < -0.3 is 5.11 Å². The predicted octanol–water partition coefficient (Wildman–Crippen LogP) is 1.28. The minimum absolute atomic E-state index is 0.892. The molecule has 0 heterocycles. The molecule has 0 aromatic rings. The van der Waals surface area contributed by atoms with E-state index in [1.165, 1.54) is 0 Å². The van der Waals surface area contributed by atoms with Gasteiger partial charge in [-0.2, -0.15) is 13.2 Å². The second-order valence-electron chi connectivity index (χ2n) is 2.91. The summed E-state index contributed by atoms with van der Waals surface area (Å²) in [5.41, 5.74) is -1.59. The summed E-state index contributed by atoms with van der Waals surface area (Å²) in [7, 11) is 0. The van der Waals surface area contributed by atoms with Crippen molar-refractivity contribution in [1.82, 2.24) is 0 Å². The third kappa shape index (κ3) is 4.78. The highest BCUT2D eigenvalue weighted by Gasteiger charge is 2.40. The van der Waals surface area contributed by atoms with Crippen LogP contribution in [0.25, 0.3) is 0 Å². The Hall–Kier alpha value is -0.580. The first kappa shape index (κ1) is 10.4. The molecule has 1 N–H and O–H groups in total. The Balaban J connectivity index is 4.11. The number of alkyl halides is 3. The van der Waals surface area contributed by atoms with Gasteiger partial charge in [0.2, 0.25) is 5.78 Å². The van der Waals surface area contributed by atoms with Gasteiger partial charge in [-0.1, -0.05) is 0 Å². The molecule has 2 nitrogen and oxygen atoms in total. The molecule has 0 fully saturated rings. The van der Waals surface area contributed by atoms with Crippen molar-refractivity contribution in [2.45, 2.75) is 32.0 Å². The molecule has 0 atom stereocenters. The van der Waals surface area contributed by atoms with Gasteiger partial charge in [0, 0.05) is 6.42 Å². The Labute approximate surface area is 62.0 Å². The number of rotatable bonds is 2. The summed E-state index contributed by atoms with van der Waals surface area (Å²) in [6.07, 6.45) is -5.73. The standard InChI is InChI=1S/C6H9F3O2/c1-5(2,11)3-4(10)6(7,8)9/h11H,3H2,1-2H3. The Morgan fingerprint density at radius 1 is 1.36 bits per heavy atom. The van der Waals surface area contributed by atoms with Crippen LogP contribution < -0.4 is 0 Å². The van der Waals surface area contributed by atoms with E-state index in [9.17, 15) is 18.0 Å². The first-order valence-corrected chi connectivity index (χ1v) is 2.95. The molecule has 0 amide bonds. The average Bonchev–Trinajstić information content (AvgIpc) is 1.56. The topological polar surface area (TPSA) is 37.3 Å². The molecule has 11 heavy (non-hydrogen) atoms. The molecule has 0 radical (unpaired) electrons. The van der Waals surface area contributed by atoms with Crippen molar-refractivity contribution < 1.29 is 23.1 Å². The SMILES string of the molecule is CC(C)(O)CC(=O)C(F)(F)F. The van der Waals surface area contributed by atoms with Crippen molar-refractivity contribution in [2.24, 2.45) is 0 Å². The van der Waals surface area contributed by atoms with Gasteiger partial charge >= 0.3 is 6.18 Å². The quantitative estimate of drug-likeness (QED) is 0.677. The maximum absolute atomic E-state index is 11.5. The lowest BCUT2D eigenvalue weighted by Crippen LogP contribution is -2.31. The van der Waals surface area contributed by atoms with Crippen LogP contribution in [0.1, 0.15) is 20.3 Å². The average molecular weight is 170 g/mol. The fraction of sp³-hybridized carbons (Fsp3) is 0.833. The molecule has 0 aliphatic rings. The van der Waals surface area contributed by atoms with Crippen LogP contribution in [0, 0.1) is 0 Å². The van der Waals surface area contributed by atoms with Gasteiger partial charge in [-0.15, -0.1) is 0 Å². The van der Waals surface area contributed by atoms with Crippen molar-refractivity contribution in [3.63, 3.8) is 0 Å². The minimum Gasteiger partial charge on any atom is -0.390 e. The third-order valence-electron chi connectivity index (χ3n) is 0.909. The second kappa shape index (κ2) is 2.81. The van der Waals surface area contributed by atoms with Crippen molar-refractivity contribution >= 4 is 5.78 Å². The van der Waals surface area contributed by atoms with Crippen LogP contribution in [0.4, 0.5) is 13.2 Å². The Bertz CT molecular complexity index is 154. The van der Waals surface area contributed by atoms with Crippen LogP contribution in [-0.2, 0) is 4.79 Å². The van der Waals surface area contributed by atoms with E-state index in [1.807, 2.05) is 0 Å². The van der Waals surface area contributed by atoms with E-state index in [2.05, 4.69) is 0 Å². The largest absolute Gasteiger partial charge is 0.450 e. The number of hydrogen-bond acceptors (Lipinski definition) is 2. The highest BCUT2D eigenvalue weighted by atomic mass is 19.4. The van der Waals surface area contributed by atoms with Crippen molar-refractivity contribution in [1.29, 1.82) is 0 Å². The number of aliphatic hydroxyl groups is 1. The van der Waals surface area contributed by atoms with Gasteiger partial charge in [-0.25, -0.2) is 0 Å². The smallest absolute Gasteiger partial charge is 0.390 e. The van der Waals surface area contributed by atoms with E-state index in [-0.39, 0.29) is 0 Å². The normalized spacial score (nSPS) is 13.3. The Morgan fingerprint density at radius 3 is 1.82 bits per heavy atom. The molecule has 0 unspecified atom stereocenters. The fourth-order valence-corrected chi connectivity index (χ4v) is 0.493. The third-order valence-corrected chi connectivity index (χ3v) is 0.909. The van der Waals surface area contributed by atoms with Gasteiger partial charge in [0.05, 0.1) is 5.60 Å². The summed E-state index contributed by atoms with van der Waals surface area (Å²) < 4.78 is 34.6. The second-order valence-corrected chi connectivity index (χ2v) is 2.91. The molecular formula is C6H9F3O2. The predicted molar refractivity (Wildman–Crippen MR) is 32.0 cm³/mol. The van der Waals surface area contributed by atoms with Crippen LogP contribution in [0.3, 0.4) is 0 Å². The molecule has 66 valence electrons. The monoisotopic (exact) mass is 170 g/mol. The van der Waals surface area contributed by atoms with Gasteiger partial charge in [0.1, 0.15) is 0 Å². The number of halogens is 3. The van der Waals surface area contributed by atoms with Crippen LogP contribution in [-0.4, -0.2) is 22.7 Å². The van der Waals surface area contributed by atoms with Crippen LogP contribution in [0.2, 0.25) is 0 Å². The van der Waals surface area contributed by atoms with E-state index in [1.54, 1.807) is 0 Å². The zero-order chi connectivity index (χ0) is 9.28. The van der Waals surface area contributed by atoms with Crippen molar-refractivity contribution in [2.75, 3.05) is 0 Å². The van der Waals surface area contributed by atoms with E-state index in [4.69, 9.17) is 5.11 Å². The van der Waals surface area contributed by atoms with E-state index < -0.39 is 24.0 Å². The lowest BCUT2D eigenvalue weighted by molar-refractivity contribution is -0.174. The first-order valence-electron chi connectivity index (χ1n) is 2.95. The van der Waals surface area contributed by atoms with Gasteiger partial charge in [-0.3, -0.25) is 4.79 Å². The highest BCUT2D eigenvalue weighted by molar-refractivity contribution is 5.84.